The number of carbonyl (C=O) groups excluding carboxylic acids is 1. The Morgan fingerprint density at radius 1 is 1.59 bits per heavy atom. The molecule has 0 saturated heterocycles. The second-order valence-electron chi connectivity index (χ2n) is 3.59. The van der Waals surface area contributed by atoms with Crippen LogP contribution >= 0.6 is 0 Å². The highest BCUT2D eigenvalue weighted by atomic mass is 16.4. The van der Waals surface area contributed by atoms with Gasteiger partial charge in [-0.1, -0.05) is 6.92 Å². The highest BCUT2D eigenvalue weighted by molar-refractivity contribution is 5.97. The fourth-order valence-electron chi connectivity index (χ4n) is 1.31. The number of nitrogens with zero attached hydrogens (tertiary/aromatic N) is 1. The number of nitrogens with one attached hydrogen (secondary N) is 1. The lowest BCUT2D eigenvalue weighted by Gasteiger charge is -2.11. The summed E-state index contributed by atoms with van der Waals surface area (Å²) in [5, 5.41) is 11.3. The summed E-state index contributed by atoms with van der Waals surface area (Å²) in [7, 11) is 0. The van der Waals surface area contributed by atoms with Gasteiger partial charge in [-0.15, -0.1) is 0 Å². The number of hydrogen-bond acceptors (Lipinski definition) is 4. The maximum atomic E-state index is 11.7. The van der Waals surface area contributed by atoms with Crippen molar-refractivity contribution < 1.29 is 14.7 Å². The summed E-state index contributed by atoms with van der Waals surface area (Å²) in [5.74, 6) is -1.98. The van der Waals surface area contributed by atoms with Gasteiger partial charge in [0, 0.05) is 12.7 Å². The molecule has 0 radical (unpaired) electrons. The summed E-state index contributed by atoms with van der Waals surface area (Å²) in [4.78, 5) is 26.3. The fraction of sp³-hybridized carbons (Fsp3) is 0.364. The first kappa shape index (κ1) is 13.0. The molecule has 6 heteroatoms. The lowest BCUT2D eigenvalue weighted by atomic mass is 10.1. The molecule has 0 fully saturated rings. The van der Waals surface area contributed by atoms with E-state index in [-0.39, 0.29) is 17.9 Å². The topological polar surface area (TPSA) is 105 Å². The average Bonchev–Trinajstić information content (AvgIpc) is 2.29. The van der Waals surface area contributed by atoms with Crippen molar-refractivity contribution in [2.45, 2.75) is 13.3 Å². The van der Waals surface area contributed by atoms with Crippen LogP contribution in [0.4, 0.5) is 5.69 Å². The fourth-order valence-corrected chi connectivity index (χ4v) is 1.31. The molecule has 1 aromatic rings. The van der Waals surface area contributed by atoms with Crippen molar-refractivity contribution >= 4 is 17.6 Å². The van der Waals surface area contributed by atoms with Crippen LogP contribution in [-0.2, 0) is 4.79 Å². The van der Waals surface area contributed by atoms with Crippen LogP contribution < -0.4 is 11.1 Å². The van der Waals surface area contributed by atoms with Crippen LogP contribution in [0.3, 0.4) is 0 Å². The zero-order valence-electron chi connectivity index (χ0n) is 9.51. The third kappa shape index (κ3) is 3.44. The Bertz CT molecular complexity index is 420. The van der Waals surface area contributed by atoms with Crippen molar-refractivity contribution in [3.8, 4) is 0 Å². The molecule has 0 aliphatic heterocycles. The Morgan fingerprint density at radius 3 is 2.82 bits per heavy atom. The van der Waals surface area contributed by atoms with Crippen molar-refractivity contribution in [2.24, 2.45) is 5.92 Å². The van der Waals surface area contributed by atoms with E-state index in [0.717, 1.165) is 0 Å². The highest BCUT2D eigenvalue weighted by Crippen LogP contribution is 2.07. The summed E-state index contributed by atoms with van der Waals surface area (Å²) in [6, 6.07) is 3.19. The minimum absolute atomic E-state index is 0.0701. The van der Waals surface area contributed by atoms with E-state index in [0.29, 0.717) is 6.42 Å². The Hall–Kier alpha value is -2.11. The zero-order valence-corrected chi connectivity index (χ0v) is 9.51. The third-order valence-electron chi connectivity index (χ3n) is 2.41. The Morgan fingerprint density at radius 2 is 2.29 bits per heavy atom. The van der Waals surface area contributed by atoms with Gasteiger partial charge in [-0.3, -0.25) is 9.59 Å². The van der Waals surface area contributed by atoms with Gasteiger partial charge < -0.3 is 16.2 Å². The minimum Gasteiger partial charge on any atom is -0.481 e. The molecule has 92 valence electrons. The first-order valence-corrected chi connectivity index (χ1v) is 5.27. The number of anilines is 1. The van der Waals surface area contributed by atoms with E-state index in [1.807, 2.05) is 0 Å². The van der Waals surface area contributed by atoms with Gasteiger partial charge in [-0.25, -0.2) is 4.98 Å². The van der Waals surface area contributed by atoms with E-state index < -0.39 is 17.8 Å². The molecule has 1 aromatic heterocycles. The standard InChI is InChI=1S/C11H15N3O3/c1-2-7(11(16)17)6-14-10(15)9-8(12)4-3-5-13-9/h3-5,7H,2,6,12H2,1H3,(H,14,15)(H,16,17). The third-order valence-corrected chi connectivity index (χ3v) is 2.41. The smallest absolute Gasteiger partial charge is 0.308 e. The van der Waals surface area contributed by atoms with Crippen LogP contribution in [0.2, 0.25) is 0 Å². The van der Waals surface area contributed by atoms with Gasteiger partial charge in [-0.2, -0.15) is 0 Å². The molecule has 0 bridgehead atoms. The molecule has 1 heterocycles. The van der Waals surface area contributed by atoms with E-state index >= 15 is 0 Å². The molecule has 4 N–H and O–H groups in total. The number of carboxylic acid groups (broad SMARTS) is 1. The molecule has 1 rings (SSSR count). The normalized spacial score (nSPS) is 11.8. The highest BCUT2D eigenvalue weighted by Gasteiger charge is 2.17. The number of carboxylic acids is 1. The van der Waals surface area contributed by atoms with Crippen LogP contribution in [0.25, 0.3) is 0 Å². The van der Waals surface area contributed by atoms with Crippen LogP contribution in [0.15, 0.2) is 18.3 Å². The average molecular weight is 237 g/mol. The molecule has 0 saturated carbocycles. The van der Waals surface area contributed by atoms with E-state index in [2.05, 4.69) is 10.3 Å². The maximum absolute atomic E-state index is 11.7. The molecular weight excluding hydrogens is 222 g/mol. The number of aliphatic carboxylic acids is 1. The molecule has 1 unspecified atom stereocenters. The predicted molar refractivity (Wildman–Crippen MR) is 62.4 cm³/mol. The van der Waals surface area contributed by atoms with Gasteiger partial charge in [-0.05, 0) is 18.6 Å². The summed E-state index contributed by atoms with van der Waals surface area (Å²) in [6.45, 7) is 1.82. The van der Waals surface area contributed by atoms with Crippen LogP contribution in [0.1, 0.15) is 23.8 Å². The van der Waals surface area contributed by atoms with Crippen molar-refractivity contribution in [2.75, 3.05) is 12.3 Å². The molecule has 1 amide bonds. The van der Waals surface area contributed by atoms with E-state index in [9.17, 15) is 9.59 Å². The monoisotopic (exact) mass is 237 g/mol. The first-order valence-electron chi connectivity index (χ1n) is 5.27. The van der Waals surface area contributed by atoms with Crippen LogP contribution in [0.5, 0.6) is 0 Å². The lowest BCUT2D eigenvalue weighted by Crippen LogP contribution is -2.33. The van der Waals surface area contributed by atoms with Gasteiger partial charge in [0.05, 0.1) is 11.6 Å². The number of rotatable bonds is 5. The van der Waals surface area contributed by atoms with Crippen molar-refractivity contribution in [1.29, 1.82) is 0 Å². The molecule has 0 spiro atoms. The van der Waals surface area contributed by atoms with Crippen LogP contribution in [0, 0.1) is 5.92 Å². The molecule has 0 aliphatic rings. The number of hydrogen-bond donors (Lipinski definition) is 3. The molecule has 17 heavy (non-hydrogen) atoms. The van der Waals surface area contributed by atoms with Gasteiger partial charge >= 0.3 is 5.97 Å². The van der Waals surface area contributed by atoms with Crippen molar-refractivity contribution in [3.05, 3.63) is 24.0 Å². The largest absolute Gasteiger partial charge is 0.481 e. The lowest BCUT2D eigenvalue weighted by molar-refractivity contribution is -0.141. The number of nitrogen functional groups attached to an aromatic ring is 1. The number of nitrogens with two attached hydrogens (primary N) is 1. The number of aromatic nitrogens is 1. The molecule has 0 aromatic carbocycles. The molecular formula is C11H15N3O3. The minimum atomic E-state index is -0.929. The van der Waals surface area contributed by atoms with E-state index in [1.165, 1.54) is 6.20 Å². The molecule has 1 atom stereocenters. The van der Waals surface area contributed by atoms with Crippen LogP contribution in [-0.4, -0.2) is 28.5 Å². The second-order valence-corrected chi connectivity index (χ2v) is 3.59. The number of carbonyl (C=O) groups is 2. The molecule has 6 nitrogen and oxygen atoms in total. The second kappa shape index (κ2) is 5.83. The number of pyridine rings is 1. The number of amides is 1. The Balaban J connectivity index is 2.62. The Labute approximate surface area is 98.8 Å². The van der Waals surface area contributed by atoms with Gasteiger partial charge in [0.25, 0.3) is 5.91 Å². The van der Waals surface area contributed by atoms with Gasteiger partial charge in [0.1, 0.15) is 0 Å². The summed E-state index contributed by atoms with van der Waals surface area (Å²) in [5.41, 5.74) is 5.97. The zero-order chi connectivity index (χ0) is 12.8. The van der Waals surface area contributed by atoms with E-state index in [1.54, 1.807) is 19.1 Å². The SMILES string of the molecule is CCC(CNC(=O)c1ncccc1N)C(=O)O. The van der Waals surface area contributed by atoms with Crippen molar-refractivity contribution in [1.82, 2.24) is 10.3 Å². The maximum Gasteiger partial charge on any atom is 0.308 e. The van der Waals surface area contributed by atoms with E-state index in [4.69, 9.17) is 10.8 Å². The molecule has 0 aliphatic carbocycles. The van der Waals surface area contributed by atoms with Crippen molar-refractivity contribution in [3.63, 3.8) is 0 Å². The Kier molecular flexibility index (Phi) is 4.45. The summed E-state index contributed by atoms with van der Waals surface area (Å²) in [6.07, 6.45) is 1.91. The summed E-state index contributed by atoms with van der Waals surface area (Å²) >= 11 is 0. The first-order chi connectivity index (χ1) is 8.06. The van der Waals surface area contributed by atoms with Gasteiger partial charge in [0.2, 0.25) is 0 Å². The van der Waals surface area contributed by atoms with Gasteiger partial charge in [0.15, 0.2) is 5.69 Å². The summed E-state index contributed by atoms with van der Waals surface area (Å²) < 4.78 is 0. The predicted octanol–water partition coefficient (Wildman–Crippen LogP) is 0.504. The quantitative estimate of drug-likeness (QED) is 0.691.